The van der Waals surface area contributed by atoms with Gasteiger partial charge in [-0.1, -0.05) is 6.92 Å². The number of aliphatic carboxylic acids is 1. The van der Waals surface area contributed by atoms with Crippen molar-refractivity contribution in [2.75, 3.05) is 27.7 Å². The van der Waals surface area contributed by atoms with Crippen molar-refractivity contribution in [1.29, 1.82) is 0 Å². The standard InChI is InChI=1S/C12H23NO5/c1-8(9(2)14)11(17)12(18,6-10(15)16)7-13(3,4)5/h8-9,14,18H,6-7H2,1-5H3/p+1. The van der Waals surface area contributed by atoms with Gasteiger partial charge in [0, 0.05) is 5.92 Å². The molecule has 0 aromatic rings. The molecule has 6 nitrogen and oxygen atoms in total. The van der Waals surface area contributed by atoms with Crippen LogP contribution in [0.5, 0.6) is 0 Å². The molecule has 0 spiro atoms. The van der Waals surface area contributed by atoms with E-state index in [9.17, 15) is 19.8 Å². The number of likely N-dealkylation sites (N-methyl/N-ethyl adjacent to an activating group) is 1. The molecule has 106 valence electrons. The highest BCUT2D eigenvalue weighted by molar-refractivity contribution is 5.92. The molecule has 0 saturated heterocycles. The van der Waals surface area contributed by atoms with Crippen molar-refractivity contribution in [3.05, 3.63) is 0 Å². The summed E-state index contributed by atoms with van der Waals surface area (Å²) in [5.74, 6) is -2.68. The molecule has 0 aliphatic rings. The molecule has 0 radical (unpaired) electrons. The van der Waals surface area contributed by atoms with Gasteiger partial charge in [0.2, 0.25) is 0 Å². The summed E-state index contributed by atoms with van der Waals surface area (Å²) >= 11 is 0. The zero-order valence-corrected chi connectivity index (χ0v) is 11.7. The number of carboxylic acids is 1. The van der Waals surface area contributed by atoms with Crippen LogP contribution >= 0.6 is 0 Å². The Hall–Kier alpha value is -0.980. The zero-order valence-electron chi connectivity index (χ0n) is 11.7. The van der Waals surface area contributed by atoms with E-state index in [1.807, 2.05) is 0 Å². The Balaban J connectivity index is 5.21. The lowest BCUT2D eigenvalue weighted by molar-refractivity contribution is -0.875. The first-order valence-corrected chi connectivity index (χ1v) is 5.86. The Bertz CT molecular complexity index is 321. The summed E-state index contributed by atoms with van der Waals surface area (Å²) in [4.78, 5) is 23.0. The minimum absolute atomic E-state index is 0.0187. The molecule has 0 heterocycles. The third kappa shape index (κ3) is 5.12. The fourth-order valence-electron chi connectivity index (χ4n) is 1.90. The minimum Gasteiger partial charge on any atom is -0.481 e. The van der Waals surface area contributed by atoms with Gasteiger partial charge in [0.05, 0.1) is 33.7 Å². The van der Waals surface area contributed by atoms with Crippen LogP contribution in [-0.2, 0) is 9.59 Å². The van der Waals surface area contributed by atoms with Crippen molar-refractivity contribution < 1.29 is 29.4 Å². The fraction of sp³-hybridized carbons (Fsp3) is 0.833. The van der Waals surface area contributed by atoms with Gasteiger partial charge in [-0.15, -0.1) is 0 Å². The largest absolute Gasteiger partial charge is 0.481 e. The molecule has 0 fully saturated rings. The molecule has 18 heavy (non-hydrogen) atoms. The molecule has 0 aromatic carbocycles. The van der Waals surface area contributed by atoms with Crippen molar-refractivity contribution in [3.63, 3.8) is 0 Å². The van der Waals surface area contributed by atoms with Crippen molar-refractivity contribution in [2.24, 2.45) is 5.92 Å². The number of carbonyl (C=O) groups excluding carboxylic acids is 1. The minimum atomic E-state index is -1.96. The maximum atomic E-state index is 12.1. The summed E-state index contributed by atoms with van der Waals surface area (Å²) in [7, 11) is 5.27. The van der Waals surface area contributed by atoms with E-state index < -0.39 is 35.8 Å². The predicted octanol–water partition coefficient (Wildman–Crippen LogP) is -0.516. The van der Waals surface area contributed by atoms with Crippen molar-refractivity contribution in [1.82, 2.24) is 0 Å². The van der Waals surface area contributed by atoms with E-state index in [0.29, 0.717) is 0 Å². The van der Waals surface area contributed by atoms with Crippen molar-refractivity contribution in [2.45, 2.75) is 32.0 Å². The third-order valence-electron chi connectivity index (χ3n) is 2.78. The second-order valence-electron chi connectivity index (χ2n) is 5.94. The van der Waals surface area contributed by atoms with Crippen LogP contribution < -0.4 is 0 Å². The van der Waals surface area contributed by atoms with E-state index in [0.717, 1.165) is 0 Å². The number of ketones is 1. The monoisotopic (exact) mass is 262 g/mol. The lowest BCUT2D eigenvalue weighted by Gasteiger charge is -2.35. The molecule has 6 heteroatoms. The molecular formula is C12H24NO5+. The molecule has 0 rings (SSSR count). The molecule has 0 saturated carbocycles. The first-order chi connectivity index (χ1) is 7.89. The lowest BCUT2D eigenvalue weighted by Crippen LogP contribution is -2.57. The average Bonchev–Trinajstić information content (AvgIpc) is 2.10. The summed E-state index contributed by atoms with van der Waals surface area (Å²) in [5.41, 5.74) is -1.96. The summed E-state index contributed by atoms with van der Waals surface area (Å²) in [6.07, 6.45) is -1.58. The lowest BCUT2D eigenvalue weighted by atomic mass is 9.84. The van der Waals surface area contributed by atoms with Crippen LogP contribution in [-0.4, -0.2) is 70.9 Å². The maximum absolute atomic E-state index is 12.1. The normalized spacial score (nSPS) is 18.8. The number of quaternary nitrogens is 1. The number of aliphatic hydroxyl groups is 2. The molecule has 3 atom stereocenters. The number of nitrogens with zero attached hydrogens (tertiary/aromatic N) is 1. The van der Waals surface area contributed by atoms with Crippen LogP contribution in [0.4, 0.5) is 0 Å². The third-order valence-corrected chi connectivity index (χ3v) is 2.78. The quantitative estimate of drug-likeness (QED) is 0.537. The number of rotatable bonds is 7. The van der Waals surface area contributed by atoms with Crippen LogP contribution in [0, 0.1) is 5.92 Å². The van der Waals surface area contributed by atoms with Crippen molar-refractivity contribution in [3.8, 4) is 0 Å². The van der Waals surface area contributed by atoms with Crippen LogP contribution in [0.25, 0.3) is 0 Å². The molecule has 0 aliphatic heterocycles. The van der Waals surface area contributed by atoms with Gasteiger partial charge in [-0.3, -0.25) is 9.59 Å². The number of aliphatic hydroxyl groups excluding tert-OH is 1. The van der Waals surface area contributed by atoms with E-state index in [-0.39, 0.29) is 11.0 Å². The van der Waals surface area contributed by atoms with Crippen LogP contribution in [0.2, 0.25) is 0 Å². The number of hydrogen-bond acceptors (Lipinski definition) is 4. The SMILES string of the molecule is CC(O)C(C)C(=O)C(O)(CC(=O)O)C[N+](C)(C)C. The Labute approximate surface area is 107 Å². The molecule has 3 N–H and O–H groups in total. The van der Waals surface area contributed by atoms with Crippen LogP contribution in [0.3, 0.4) is 0 Å². The number of carbonyl (C=O) groups is 2. The topological polar surface area (TPSA) is 94.8 Å². The highest BCUT2D eigenvalue weighted by atomic mass is 16.4. The molecule has 0 bridgehead atoms. The van der Waals surface area contributed by atoms with E-state index in [1.165, 1.54) is 13.8 Å². The van der Waals surface area contributed by atoms with Gasteiger partial charge in [-0.05, 0) is 6.92 Å². The van der Waals surface area contributed by atoms with Gasteiger partial charge in [-0.25, -0.2) is 0 Å². The van der Waals surface area contributed by atoms with E-state index >= 15 is 0 Å². The maximum Gasteiger partial charge on any atom is 0.306 e. The Kier molecular flexibility index (Phi) is 5.46. The highest BCUT2D eigenvalue weighted by Crippen LogP contribution is 2.22. The molecule has 0 amide bonds. The first-order valence-electron chi connectivity index (χ1n) is 5.86. The Morgan fingerprint density at radius 2 is 1.67 bits per heavy atom. The van der Waals surface area contributed by atoms with Crippen molar-refractivity contribution >= 4 is 11.8 Å². The van der Waals surface area contributed by atoms with E-state index in [1.54, 1.807) is 21.1 Å². The van der Waals surface area contributed by atoms with Gasteiger partial charge < -0.3 is 19.8 Å². The van der Waals surface area contributed by atoms with Crippen LogP contribution in [0.15, 0.2) is 0 Å². The second kappa shape index (κ2) is 5.77. The van der Waals surface area contributed by atoms with Gasteiger partial charge in [0.1, 0.15) is 6.54 Å². The van der Waals surface area contributed by atoms with E-state index in [2.05, 4.69) is 0 Å². The van der Waals surface area contributed by atoms with Gasteiger partial charge in [0.25, 0.3) is 0 Å². The number of carboxylic acid groups (broad SMARTS) is 1. The molecule has 0 aromatic heterocycles. The summed E-state index contributed by atoms with van der Waals surface area (Å²) in [5, 5.41) is 28.6. The highest BCUT2D eigenvalue weighted by Gasteiger charge is 2.45. The van der Waals surface area contributed by atoms with Gasteiger partial charge in [0.15, 0.2) is 11.4 Å². The van der Waals surface area contributed by atoms with Gasteiger partial charge >= 0.3 is 5.97 Å². The Morgan fingerprint density at radius 3 is 1.94 bits per heavy atom. The molecule has 0 aliphatic carbocycles. The molecular weight excluding hydrogens is 238 g/mol. The average molecular weight is 262 g/mol. The first kappa shape index (κ1) is 17.0. The zero-order chi connectivity index (χ0) is 14.7. The summed E-state index contributed by atoms with van der Waals surface area (Å²) in [6.45, 7) is 2.90. The van der Waals surface area contributed by atoms with Crippen LogP contribution in [0.1, 0.15) is 20.3 Å². The van der Waals surface area contributed by atoms with Gasteiger partial charge in [-0.2, -0.15) is 0 Å². The molecule has 3 unspecified atom stereocenters. The number of Topliss-reactive ketones (excluding diaryl/α,β-unsaturated/α-hetero) is 1. The number of hydrogen-bond donors (Lipinski definition) is 3. The summed E-state index contributed by atoms with van der Waals surface area (Å²) in [6, 6.07) is 0. The predicted molar refractivity (Wildman–Crippen MR) is 66.0 cm³/mol. The van der Waals surface area contributed by atoms with E-state index in [4.69, 9.17) is 5.11 Å². The fourth-order valence-corrected chi connectivity index (χ4v) is 1.90. The summed E-state index contributed by atoms with van der Waals surface area (Å²) < 4.78 is 0.252. The Morgan fingerprint density at radius 1 is 1.22 bits per heavy atom. The second-order valence-corrected chi connectivity index (χ2v) is 5.94. The smallest absolute Gasteiger partial charge is 0.306 e.